The Bertz CT molecular complexity index is 690. The van der Waals surface area contributed by atoms with E-state index in [9.17, 15) is 10.2 Å². The molecule has 2 heterocycles. The van der Waals surface area contributed by atoms with Crippen molar-refractivity contribution in [2.75, 3.05) is 26.1 Å². The Balaban J connectivity index is 2.07. The molecule has 0 bridgehead atoms. The van der Waals surface area contributed by atoms with Crippen molar-refractivity contribution >= 4 is 23.3 Å². The second-order valence-corrected chi connectivity index (χ2v) is 4.84. The van der Waals surface area contributed by atoms with Crippen molar-refractivity contribution < 1.29 is 14.9 Å². The van der Waals surface area contributed by atoms with Gasteiger partial charge in [0.15, 0.2) is 11.2 Å². The number of aliphatic hydroxyl groups excluding tert-OH is 2. The van der Waals surface area contributed by atoms with Gasteiger partial charge in [-0.05, 0) is 12.0 Å². The number of methoxy groups -OCH3 is 1. The lowest BCUT2D eigenvalue weighted by Crippen LogP contribution is -2.12. The van der Waals surface area contributed by atoms with Gasteiger partial charge in [0, 0.05) is 11.6 Å². The van der Waals surface area contributed by atoms with Crippen molar-refractivity contribution in [1.29, 1.82) is 0 Å². The molecule has 0 amide bonds. The molecule has 3 rings (SSSR count). The van der Waals surface area contributed by atoms with Crippen molar-refractivity contribution in [3.63, 3.8) is 0 Å². The first-order chi connectivity index (χ1) is 9.63. The predicted molar refractivity (Wildman–Crippen MR) is 71.8 cm³/mol. The Hall–Kier alpha value is -2.19. The van der Waals surface area contributed by atoms with Crippen LogP contribution in [-0.4, -0.2) is 50.1 Å². The van der Waals surface area contributed by atoms with Gasteiger partial charge in [-0.2, -0.15) is 9.97 Å². The van der Waals surface area contributed by atoms with Crippen molar-refractivity contribution in [3.05, 3.63) is 11.9 Å². The van der Waals surface area contributed by atoms with E-state index in [-0.39, 0.29) is 19.2 Å². The topological polar surface area (TPSA) is 119 Å². The number of anilines is 1. The first-order valence-corrected chi connectivity index (χ1v) is 6.10. The van der Waals surface area contributed by atoms with E-state index in [1.165, 1.54) is 7.11 Å². The zero-order chi connectivity index (χ0) is 14.3. The standard InChI is InChI=1S/C12H15N5O3/c1-20-10-8-9(15-11(13)16-10)17(6-14-8)3-7-2-12(7,4-18)5-19/h3,6,18-19H,2,4-5H2,1H3,(H2,13,15,16)/b7-3-. The van der Waals surface area contributed by atoms with Crippen molar-refractivity contribution in [2.24, 2.45) is 5.41 Å². The number of imidazole rings is 1. The molecule has 0 unspecified atom stereocenters. The van der Waals surface area contributed by atoms with Gasteiger partial charge in [-0.25, -0.2) is 4.98 Å². The van der Waals surface area contributed by atoms with Crippen LogP contribution in [-0.2, 0) is 0 Å². The third kappa shape index (κ3) is 1.81. The van der Waals surface area contributed by atoms with Crippen LogP contribution in [0, 0.1) is 5.41 Å². The Morgan fingerprint density at radius 2 is 2.20 bits per heavy atom. The van der Waals surface area contributed by atoms with Crippen LogP contribution in [0.4, 0.5) is 5.95 Å². The van der Waals surface area contributed by atoms with E-state index in [0.717, 1.165) is 5.57 Å². The molecule has 4 N–H and O–H groups in total. The Morgan fingerprint density at radius 3 is 2.80 bits per heavy atom. The Kier molecular flexibility index (Phi) is 2.84. The summed E-state index contributed by atoms with van der Waals surface area (Å²) < 4.78 is 6.81. The number of nitrogen functional groups attached to an aromatic ring is 1. The SMILES string of the molecule is COc1nc(N)nc2c1ncn2/C=C1/CC1(CO)CO. The molecule has 106 valence electrons. The molecule has 2 aromatic rings. The maximum atomic E-state index is 9.30. The summed E-state index contributed by atoms with van der Waals surface area (Å²) in [5, 5.41) is 18.6. The monoisotopic (exact) mass is 277 g/mol. The molecule has 1 aliphatic carbocycles. The molecule has 1 saturated carbocycles. The fourth-order valence-corrected chi connectivity index (χ4v) is 2.18. The number of hydrogen-bond donors (Lipinski definition) is 3. The minimum Gasteiger partial charge on any atom is -0.479 e. The molecule has 0 aromatic carbocycles. The molecule has 0 aliphatic heterocycles. The van der Waals surface area contributed by atoms with E-state index >= 15 is 0 Å². The summed E-state index contributed by atoms with van der Waals surface area (Å²) in [5.41, 5.74) is 7.10. The van der Waals surface area contributed by atoms with E-state index in [1.54, 1.807) is 17.1 Å². The number of aliphatic hydroxyl groups is 2. The highest BCUT2D eigenvalue weighted by atomic mass is 16.5. The van der Waals surface area contributed by atoms with Crippen LogP contribution in [0.2, 0.25) is 0 Å². The third-order valence-electron chi connectivity index (χ3n) is 3.59. The molecule has 8 heteroatoms. The molecule has 1 aliphatic rings. The summed E-state index contributed by atoms with van der Waals surface area (Å²) in [4.78, 5) is 12.3. The van der Waals surface area contributed by atoms with Crippen molar-refractivity contribution in [1.82, 2.24) is 19.5 Å². The Labute approximate surface area is 114 Å². The van der Waals surface area contributed by atoms with Gasteiger partial charge in [-0.3, -0.25) is 4.57 Å². The molecule has 20 heavy (non-hydrogen) atoms. The van der Waals surface area contributed by atoms with E-state index < -0.39 is 5.41 Å². The normalized spacial score (nSPS) is 18.6. The van der Waals surface area contributed by atoms with Gasteiger partial charge in [0.25, 0.3) is 0 Å². The van der Waals surface area contributed by atoms with Crippen LogP contribution in [0.25, 0.3) is 17.4 Å². The maximum Gasteiger partial charge on any atom is 0.246 e. The lowest BCUT2D eigenvalue weighted by molar-refractivity contribution is 0.143. The summed E-state index contributed by atoms with van der Waals surface area (Å²) in [6, 6.07) is 0. The number of nitrogens with two attached hydrogens (primary N) is 1. The molecular weight excluding hydrogens is 262 g/mol. The first kappa shape index (κ1) is 12.8. The second kappa shape index (κ2) is 4.43. The average molecular weight is 277 g/mol. The summed E-state index contributed by atoms with van der Waals surface area (Å²) in [7, 11) is 1.49. The largest absolute Gasteiger partial charge is 0.479 e. The highest BCUT2D eigenvalue weighted by Crippen LogP contribution is 2.51. The number of rotatable bonds is 4. The maximum absolute atomic E-state index is 9.30. The van der Waals surface area contributed by atoms with Crippen LogP contribution < -0.4 is 10.5 Å². The number of fused-ring (bicyclic) bond motifs is 1. The van der Waals surface area contributed by atoms with E-state index in [2.05, 4.69) is 15.0 Å². The minimum atomic E-state index is -0.515. The molecule has 0 spiro atoms. The van der Waals surface area contributed by atoms with E-state index in [4.69, 9.17) is 10.5 Å². The number of nitrogens with zero attached hydrogens (tertiary/aromatic N) is 4. The van der Waals surface area contributed by atoms with Crippen LogP contribution in [0.1, 0.15) is 6.42 Å². The van der Waals surface area contributed by atoms with Gasteiger partial charge < -0.3 is 20.7 Å². The molecule has 2 aromatic heterocycles. The van der Waals surface area contributed by atoms with Crippen LogP contribution in [0.3, 0.4) is 0 Å². The first-order valence-electron chi connectivity index (χ1n) is 6.10. The van der Waals surface area contributed by atoms with E-state index in [1.807, 2.05) is 0 Å². The van der Waals surface area contributed by atoms with Gasteiger partial charge in [0.05, 0.1) is 20.3 Å². The minimum absolute atomic E-state index is 0.0809. The molecule has 1 fully saturated rings. The average Bonchev–Trinajstić information content (AvgIpc) is 3.02. The summed E-state index contributed by atoms with van der Waals surface area (Å²) >= 11 is 0. The van der Waals surface area contributed by atoms with Gasteiger partial charge >= 0.3 is 0 Å². The number of ether oxygens (including phenoxy) is 1. The quantitative estimate of drug-likeness (QED) is 0.697. The molecule has 0 saturated heterocycles. The lowest BCUT2D eigenvalue weighted by Gasteiger charge is -2.05. The van der Waals surface area contributed by atoms with Gasteiger partial charge in [-0.15, -0.1) is 0 Å². The van der Waals surface area contributed by atoms with Crippen molar-refractivity contribution in [2.45, 2.75) is 6.42 Å². The van der Waals surface area contributed by atoms with Gasteiger partial charge in [0.2, 0.25) is 11.8 Å². The number of aromatic nitrogens is 4. The zero-order valence-corrected chi connectivity index (χ0v) is 10.9. The van der Waals surface area contributed by atoms with Gasteiger partial charge in [0.1, 0.15) is 6.33 Å². The molecular formula is C12H15N5O3. The molecule has 0 radical (unpaired) electrons. The number of hydrogen-bond acceptors (Lipinski definition) is 7. The molecule has 8 nitrogen and oxygen atoms in total. The highest BCUT2D eigenvalue weighted by Gasteiger charge is 2.48. The Morgan fingerprint density at radius 1 is 1.45 bits per heavy atom. The molecule has 0 atom stereocenters. The van der Waals surface area contributed by atoms with E-state index in [0.29, 0.717) is 23.5 Å². The lowest BCUT2D eigenvalue weighted by atomic mass is 10.1. The smallest absolute Gasteiger partial charge is 0.246 e. The second-order valence-electron chi connectivity index (χ2n) is 4.84. The fourth-order valence-electron chi connectivity index (χ4n) is 2.18. The third-order valence-corrected chi connectivity index (χ3v) is 3.59. The van der Waals surface area contributed by atoms with Crippen LogP contribution >= 0.6 is 0 Å². The van der Waals surface area contributed by atoms with Crippen LogP contribution in [0.5, 0.6) is 5.88 Å². The summed E-state index contributed by atoms with van der Waals surface area (Å²) in [6.07, 6.45) is 4.02. The highest BCUT2D eigenvalue weighted by molar-refractivity contribution is 5.79. The predicted octanol–water partition coefficient (Wildman–Crippen LogP) is -0.367. The van der Waals surface area contributed by atoms with Gasteiger partial charge in [-0.1, -0.05) is 0 Å². The van der Waals surface area contributed by atoms with Crippen molar-refractivity contribution in [3.8, 4) is 5.88 Å². The van der Waals surface area contributed by atoms with Crippen LogP contribution in [0.15, 0.2) is 11.9 Å². The summed E-state index contributed by atoms with van der Waals surface area (Å²) in [6.45, 7) is -0.162. The zero-order valence-electron chi connectivity index (χ0n) is 10.9. The fraction of sp³-hybridized carbons (Fsp3) is 0.417. The summed E-state index contributed by atoms with van der Waals surface area (Å²) in [5.74, 6) is 0.414.